The Morgan fingerprint density at radius 1 is 1.21 bits per heavy atom. The first-order chi connectivity index (χ1) is 8.53. The van der Waals surface area contributed by atoms with Gasteiger partial charge in [-0.1, -0.05) is 0 Å². The van der Waals surface area contributed by atoms with Crippen LogP contribution in [0.25, 0.3) is 0 Å². The molecule has 0 aromatic carbocycles. The average molecular weight is 287 g/mol. The lowest BCUT2D eigenvalue weighted by Gasteiger charge is -2.24. The van der Waals surface area contributed by atoms with Crippen molar-refractivity contribution in [2.75, 3.05) is 0 Å². The van der Waals surface area contributed by atoms with Crippen LogP contribution < -0.4 is 10.5 Å². The summed E-state index contributed by atoms with van der Waals surface area (Å²) in [5, 5.41) is 7.04. The molecule has 3 N–H and O–H groups in total. The van der Waals surface area contributed by atoms with Crippen LogP contribution in [-0.4, -0.2) is 29.3 Å². The molecule has 1 aromatic heterocycles. The molecule has 0 unspecified atom stereocenters. The molecule has 0 atom stereocenters. The zero-order valence-corrected chi connectivity index (χ0v) is 9.01. The van der Waals surface area contributed by atoms with E-state index in [1.807, 2.05) is 0 Å². The highest BCUT2D eigenvalue weighted by atomic mass is 19.4. The molecule has 0 saturated carbocycles. The van der Waals surface area contributed by atoms with Gasteiger partial charge in [0.25, 0.3) is 6.10 Å². The monoisotopic (exact) mass is 287 g/mol. The highest BCUT2D eigenvalue weighted by molar-refractivity contribution is 5.97. The maximum atomic E-state index is 12.3. The highest BCUT2D eigenvalue weighted by Crippen LogP contribution is 2.36. The number of nitrogens with two attached hydrogens (primary N) is 1. The number of hydrogen-bond acceptors (Lipinski definition) is 3. The van der Waals surface area contributed by atoms with Crippen LogP contribution in [0.5, 0.6) is 5.75 Å². The molecular weight excluding hydrogens is 280 g/mol. The molecule has 106 valence electrons. The van der Waals surface area contributed by atoms with Crippen molar-refractivity contribution >= 4 is 5.84 Å². The van der Waals surface area contributed by atoms with Crippen molar-refractivity contribution in [1.82, 2.24) is 4.98 Å². The Morgan fingerprint density at radius 2 is 1.74 bits per heavy atom. The first kappa shape index (κ1) is 15.1. The van der Waals surface area contributed by atoms with Gasteiger partial charge in [0.1, 0.15) is 11.6 Å². The number of pyridine rings is 1. The first-order valence-corrected chi connectivity index (χ1v) is 4.62. The summed E-state index contributed by atoms with van der Waals surface area (Å²) in [6, 6.07) is 0.974. The fourth-order valence-electron chi connectivity index (χ4n) is 1.14. The Kier molecular flexibility index (Phi) is 3.91. The minimum atomic E-state index is -5.65. The minimum Gasteiger partial charge on any atom is -0.469 e. The zero-order valence-electron chi connectivity index (χ0n) is 9.01. The smallest absolute Gasteiger partial charge is 0.434 e. The van der Waals surface area contributed by atoms with Gasteiger partial charge < -0.3 is 10.5 Å². The van der Waals surface area contributed by atoms with Crippen molar-refractivity contribution in [3.63, 3.8) is 0 Å². The Balaban J connectivity index is 3.15. The van der Waals surface area contributed by atoms with Crippen LogP contribution in [0.1, 0.15) is 5.56 Å². The predicted molar refractivity (Wildman–Crippen MR) is 51.8 cm³/mol. The van der Waals surface area contributed by atoms with Crippen LogP contribution in [0.3, 0.4) is 0 Å². The number of halogens is 6. The van der Waals surface area contributed by atoms with Gasteiger partial charge in [0.15, 0.2) is 0 Å². The summed E-state index contributed by atoms with van der Waals surface area (Å²) in [4.78, 5) is 3.33. The van der Waals surface area contributed by atoms with Gasteiger partial charge in [-0.3, -0.25) is 10.4 Å². The Hall–Kier alpha value is -2.00. The summed E-state index contributed by atoms with van der Waals surface area (Å²) in [6.07, 6.45) is -13.6. The van der Waals surface area contributed by atoms with Crippen LogP contribution in [0.15, 0.2) is 18.5 Å². The summed E-state index contributed by atoms with van der Waals surface area (Å²) in [6.45, 7) is 0. The quantitative estimate of drug-likeness (QED) is 0.509. The second-order valence-electron chi connectivity index (χ2n) is 3.37. The number of nitrogens with one attached hydrogen (secondary N) is 1. The number of amidine groups is 1. The van der Waals surface area contributed by atoms with Gasteiger partial charge in [0.2, 0.25) is 0 Å². The molecule has 1 rings (SSSR count). The number of aromatic nitrogens is 1. The van der Waals surface area contributed by atoms with Gasteiger partial charge in [-0.2, -0.15) is 26.3 Å². The number of hydrogen-bond donors (Lipinski definition) is 2. The van der Waals surface area contributed by atoms with E-state index in [1.54, 1.807) is 0 Å². The maximum Gasteiger partial charge on any atom is 0.434 e. The Morgan fingerprint density at radius 3 is 2.16 bits per heavy atom. The third-order valence-electron chi connectivity index (χ3n) is 1.91. The Bertz CT molecular complexity index is 456. The highest BCUT2D eigenvalue weighted by Gasteiger charge is 2.59. The third-order valence-corrected chi connectivity index (χ3v) is 1.91. The molecule has 0 amide bonds. The molecule has 10 heteroatoms. The molecule has 1 heterocycles. The molecule has 0 radical (unpaired) electrons. The van der Waals surface area contributed by atoms with Crippen molar-refractivity contribution in [2.45, 2.75) is 18.5 Å². The number of ether oxygens (including phenoxy) is 1. The van der Waals surface area contributed by atoms with E-state index >= 15 is 0 Å². The van der Waals surface area contributed by atoms with Crippen molar-refractivity contribution < 1.29 is 31.1 Å². The topological polar surface area (TPSA) is 72.0 Å². The fourth-order valence-corrected chi connectivity index (χ4v) is 1.14. The predicted octanol–water partition coefficient (Wildman–Crippen LogP) is 2.24. The maximum absolute atomic E-state index is 12.3. The molecule has 4 nitrogen and oxygen atoms in total. The van der Waals surface area contributed by atoms with E-state index in [0.717, 1.165) is 12.3 Å². The third kappa shape index (κ3) is 3.73. The number of alkyl halides is 6. The fraction of sp³-hybridized carbons (Fsp3) is 0.333. The summed E-state index contributed by atoms with van der Waals surface area (Å²) in [7, 11) is 0. The van der Waals surface area contributed by atoms with E-state index in [1.165, 1.54) is 0 Å². The van der Waals surface area contributed by atoms with Gasteiger partial charge in [0, 0.05) is 6.20 Å². The standard InChI is InChI=1S/C9H7F6N3O/c10-8(11,12)7(9(13,14)15)19-5-3-18-2-1-4(5)6(16)17/h1-3,7H,(H3,16,17). The van der Waals surface area contributed by atoms with Crippen molar-refractivity contribution in [3.8, 4) is 5.75 Å². The van der Waals surface area contributed by atoms with E-state index in [-0.39, 0.29) is 0 Å². The largest absolute Gasteiger partial charge is 0.469 e. The summed E-state index contributed by atoms with van der Waals surface area (Å²) >= 11 is 0. The van der Waals surface area contributed by atoms with Crippen LogP contribution in [0.2, 0.25) is 0 Å². The van der Waals surface area contributed by atoms with Gasteiger partial charge >= 0.3 is 12.4 Å². The van der Waals surface area contributed by atoms with E-state index in [9.17, 15) is 26.3 Å². The zero-order chi connectivity index (χ0) is 14.8. The normalized spacial score (nSPS) is 12.6. The van der Waals surface area contributed by atoms with Gasteiger partial charge in [-0.25, -0.2) is 0 Å². The summed E-state index contributed by atoms with van der Waals surface area (Å²) in [5.41, 5.74) is 4.61. The SMILES string of the molecule is N=C(N)c1ccncc1OC(C(F)(F)F)C(F)(F)F. The van der Waals surface area contributed by atoms with E-state index in [0.29, 0.717) is 6.20 Å². The molecule has 0 spiro atoms. The summed E-state index contributed by atoms with van der Waals surface area (Å²) < 4.78 is 77.6. The van der Waals surface area contributed by atoms with Crippen molar-refractivity contribution in [1.29, 1.82) is 5.41 Å². The van der Waals surface area contributed by atoms with E-state index in [2.05, 4.69) is 9.72 Å². The van der Waals surface area contributed by atoms with Crippen LogP contribution >= 0.6 is 0 Å². The van der Waals surface area contributed by atoms with E-state index < -0.39 is 35.6 Å². The lowest BCUT2D eigenvalue weighted by Crippen LogP contribution is -2.46. The minimum absolute atomic E-state index is 0.409. The van der Waals surface area contributed by atoms with E-state index in [4.69, 9.17) is 11.1 Å². The van der Waals surface area contributed by atoms with Gasteiger partial charge in [0.05, 0.1) is 11.8 Å². The molecule has 0 fully saturated rings. The Labute approximate surface area is 102 Å². The molecule has 0 aliphatic carbocycles. The lowest BCUT2D eigenvalue weighted by atomic mass is 10.2. The molecule has 0 bridgehead atoms. The van der Waals surface area contributed by atoms with Crippen LogP contribution in [0, 0.1) is 5.41 Å². The molecule has 0 aliphatic heterocycles. The van der Waals surface area contributed by atoms with Gasteiger partial charge in [-0.15, -0.1) is 0 Å². The first-order valence-electron chi connectivity index (χ1n) is 4.62. The number of rotatable bonds is 3. The lowest BCUT2D eigenvalue weighted by molar-refractivity contribution is -0.299. The van der Waals surface area contributed by atoms with Crippen molar-refractivity contribution in [2.24, 2.45) is 5.73 Å². The van der Waals surface area contributed by atoms with Gasteiger partial charge in [-0.05, 0) is 6.07 Å². The molecule has 0 aliphatic rings. The molecule has 1 aromatic rings. The number of nitrogens with zero attached hydrogens (tertiary/aromatic N) is 1. The molecule has 0 saturated heterocycles. The second kappa shape index (κ2) is 4.94. The van der Waals surface area contributed by atoms with Crippen LogP contribution in [0.4, 0.5) is 26.3 Å². The average Bonchev–Trinajstić information content (AvgIpc) is 2.23. The second-order valence-corrected chi connectivity index (χ2v) is 3.37. The molecule has 19 heavy (non-hydrogen) atoms. The summed E-state index contributed by atoms with van der Waals surface area (Å²) in [5.74, 6) is -1.60. The number of nitrogen functional groups attached to an aromatic ring is 1. The molecular formula is C9H7F6N3O. The van der Waals surface area contributed by atoms with Crippen LogP contribution in [-0.2, 0) is 0 Å². The van der Waals surface area contributed by atoms with Crippen molar-refractivity contribution in [3.05, 3.63) is 24.0 Å².